The number of fused-ring (bicyclic) bond motifs is 1. The van der Waals surface area contributed by atoms with Gasteiger partial charge in [-0.2, -0.15) is 0 Å². The van der Waals surface area contributed by atoms with E-state index in [0.717, 1.165) is 4.70 Å². The molecule has 3 aromatic carbocycles. The molecule has 0 aliphatic heterocycles. The van der Waals surface area contributed by atoms with Gasteiger partial charge in [0.15, 0.2) is 5.01 Å². The molecule has 0 fully saturated rings. The van der Waals surface area contributed by atoms with Crippen molar-refractivity contribution in [3.63, 3.8) is 0 Å². The quantitative estimate of drug-likeness (QED) is 0.250. The fourth-order valence-corrected chi connectivity index (χ4v) is 4.64. The first-order chi connectivity index (χ1) is 16.3. The van der Waals surface area contributed by atoms with Gasteiger partial charge in [-0.05, 0) is 35.9 Å². The average Bonchev–Trinajstić information content (AvgIpc) is 3.23. The van der Waals surface area contributed by atoms with E-state index < -0.39 is 22.8 Å². The van der Waals surface area contributed by atoms with Gasteiger partial charge in [-0.1, -0.05) is 47.5 Å². The molecule has 4 aromatic rings. The molecule has 4 rings (SSSR count). The number of carbonyl (C=O) groups excluding carboxylic acids is 2. The number of nitrogens with zero attached hydrogens (tertiary/aromatic N) is 2. The van der Waals surface area contributed by atoms with Crippen LogP contribution in [0.4, 0.5) is 11.4 Å². The molecule has 2 N–H and O–H groups in total. The number of nitrogens with one attached hydrogen (secondary N) is 2. The van der Waals surface area contributed by atoms with Gasteiger partial charge in [-0.3, -0.25) is 19.7 Å². The van der Waals surface area contributed by atoms with Gasteiger partial charge < -0.3 is 10.6 Å². The van der Waals surface area contributed by atoms with E-state index in [-0.39, 0.29) is 17.1 Å². The number of thiazole rings is 1. The van der Waals surface area contributed by atoms with E-state index in [1.54, 1.807) is 18.2 Å². The van der Waals surface area contributed by atoms with Crippen LogP contribution in [-0.4, -0.2) is 27.8 Å². The molecule has 0 aliphatic carbocycles. The van der Waals surface area contributed by atoms with Crippen molar-refractivity contribution in [2.75, 3.05) is 5.32 Å². The van der Waals surface area contributed by atoms with E-state index >= 15 is 0 Å². The Kier molecular flexibility index (Phi) is 7.06. The maximum atomic E-state index is 13.1. The molecule has 34 heavy (non-hydrogen) atoms. The van der Waals surface area contributed by atoms with Gasteiger partial charge in [0, 0.05) is 34.3 Å². The van der Waals surface area contributed by atoms with Crippen LogP contribution in [0.25, 0.3) is 10.2 Å². The van der Waals surface area contributed by atoms with Gasteiger partial charge in [-0.15, -0.1) is 11.3 Å². The van der Waals surface area contributed by atoms with E-state index in [1.165, 1.54) is 41.7 Å². The maximum Gasteiger partial charge on any atom is 0.280 e. The molecule has 1 aromatic heterocycles. The Balaban J connectivity index is 1.58. The first-order valence-corrected chi connectivity index (χ1v) is 11.5. The molecule has 0 saturated heterocycles. The summed E-state index contributed by atoms with van der Waals surface area (Å²) < 4.78 is 0.845. The highest BCUT2D eigenvalue weighted by atomic mass is 35.5. The summed E-state index contributed by atoms with van der Waals surface area (Å²) >= 11 is 13.3. The van der Waals surface area contributed by atoms with Gasteiger partial charge >= 0.3 is 0 Å². The number of anilines is 1. The van der Waals surface area contributed by atoms with Crippen LogP contribution < -0.4 is 10.6 Å². The molecular formula is C23H16Cl2N4O4S. The van der Waals surface area contributed by atoms with Crippen molar-refractivity contribution in [3.05, 3.63) is 97.5 Å². The number of aromatic nitrogens is 1. The second-order valence-electron chi connectivity index (χ2n) is 7.29. The molecule has 1 unspecified atom stereocenters. The number of hydrogen-bond donors (Lipinski definition) is 2. The Labute approximate surface area is 207 Å². The topological polar surface area (TPSA) is 114 Å². The third kappa shape index (κ3) is 5.69. The van der Waals surface area contributed by atoms with Crippen molar-refractivity contribution < 1.29 is 14.5 Å². The average molecular weight is 515 g/mol. The van der Waals surface area contributed by atoms with Crippen molar-refractivity contribution in [2.45, 2.75) is 12.5 Å². The molecule has 11 heteroatoms. The number of halogens is 2. The predicted octanol–water partition coefficient (Wildman–Crippen LogP) is 5.49. The molecule has 1 heterocycles. The van der Waals surface area contributed by atoms with E-state index in [0.29, 0.717) is 26.8 Å². The third-order valence-electron chi connectivity index (χ3n) is 4.83. The number of nitro benzene ring substituents is 1. The fraction of sp³-hybridized carbons (Fsp3) is 0.0870. The van der Waals surface area contributed by atoms with Gasteiger partial charge in [0.05, 0.1) is 15.1 Å². The maximum absolute atomic E-state index is 13.1. The Morgan fingerprint density at radius 3 is 2.35 bits per heavy atom. The first kappa shape index (κ1) is 23.6. The minimum atomic E-state index is -1.00. The number of para-hydroxylation sites is 1. The summed E-state index contributed by atoms with van der Waals surface area (Å²) in [7, 11) is 0. The molecular weight excluding hydrogens is 499 g/mol. The molecule has 8 nitrogen and oxygen atoms in total. The Bertz CT molecular complexity index is 1340. The molecule has 172 valence electrons. The lowest BCUT2D eigenvalue weighted by Crippen LogP contribution is -2.45. The predicted molar refractivity (Wildman–Crippen MR) is 133 cm³/mol. The normalized spacial score (nSPS) is 11.7. The number of carbonyl (C=O) groups is 2. The second kappa shape index (κ2) is 10.2. The number of non-ortho nitro benzene ring substituents is 1. The Morgan fingerprint density at radius 2 is 1.71 bits per heavy atom. The molecule has 0 radical (unpaired) electrons. The first-order valence-electron chi connectivity index (χ1n) is 9.95. The molecule has 0 bridgehead atoms. The highest BCUT2D eigenvalue weighted by molar-refractivity contribution is 7.20. The molecule has 0 saturated carbocycles. The second-order valence-corrected chi connectivity index (χ2v) is 9.19. The number of nitro groups is 1. The van der Waals surface area contributed by atoms with Crippen molar-refractivity contribution >= 4 is 67.9 Å². The summed E-state index contributed by atoms with van der Waals surface area (Å²) in [6, 6.07) is 16.7. The Hall–Kier alpha value is -3.53. The van der Waals surface area contributed by atoms with E-state index in [2.05, 4.69) is 15.6 Å². The summed E-state index contributed by atoms with van der Waals surface area (Å²) in [5, 5.41) is 17.3. The van der Waals surface area contributed by atoms with Crippen LogP contribution in [0.1, 0.15) is 15.4 Å². The lowest BCUT2D eigenvalue weighted by molar-refractivity contribution is -0.384. The molecule has 1 atom stereocenters. The van der Waals surface area contributed by atoms with Gasteiger partial charge in [0.1, 0.15) is 6.04 Å². The van der Waals surface area contributed by atoms with E-state index in [9.17, 15) is 19.7 Å². The highest BCUT2D eigenvalue weighted by Crippen LogP contribution is 2.24. The van der Waals surface area contributed by atoms with Gasteiger partial charge in [-0.25, -0.2) is 4.98 Å². The minimum Gasteiger partial charge on any atom is -0.338 e. The van der Waals surface area contributed by atoms with Crippen LogP contribution in [0, 0.1) is 10.1 Å². The number of hydrogen-bond acceptors (Lipinski definition) is 6. The van der Waals surface area contributed by atoms with E-state index in [4.69, 9.17) is 23.2 Å². The highest BCUT2D eigenvalue weighted by Gasteiger charge is 2.24. The zero-order chi connectivity index (χ0) is 24.2. The number of amides is 2. The Morgan fingerprint density at radius 1 is 1.03 bits per heavy atom. The van der Waals surface area contributed by atoms with Crippen LogP contribution in [0.3, 0.4) is 0 Å². The van der Waals surface area contributed by atoms with Crippen molar-refractivity contribution in [1.82, 2.24) is 10.3 Å². The summed E-state index contributed by atoms with van der Waals surface area (Å²) in [6.45, 7) is 0. The van der Waals surface area contributed by atoms with Crippen molar-refractivity contribution in [2.24, 2.45) is 0 Å². The summed E-state index contributed by atoms with van der Waals surface area (Å²) in [4.78, 5) is 40.8. The summed E-state index contributed by atoms with van der Waals surface area (Å²) in [6.07, 6.45) is 0.0920. The van der Waals surface area contributed by atoms with Crippen LogP contribution in [-0.2, 0) is 11.2 Å². The summed E-state index contributed by atoms with van der Waals surface area (Å²) in [5.74, 6) is -1.02. The molecule has 0 aliphatic rings. The smallest absolute Gasteiger partial charge is 0.280 e. The number of benzene rings is 3. The molecule has 0 spiro atoms. The zero-order valence-electron chi connectivity index (χ0n) is 17.3. The third-order valence-corrected chi connectivity index (χ3v) is 6.30. The lowest BCUT2D eigenvalue weighted by atomic mass is 10.0. The monoisotopic (exact) mass is 514 g/mol. The molecule has 2 amide bonds. The summed E-state index contributed by atoms with van der Waals surface area (Å²) in [5.41, 5.74) is 1.60. The van der Waals surface area contributed by atoms with Crippen LogP contribution in [0.15, 0.2) is 66.7 Å². The van der Waals surface area contributed by atoms with Gasteiger partial charge in [0.2, 0.25) is 5.91 Å². The lowest BCUT2D eigenvalue weighted by Gasteiger charge is -2.18. The SMILES string of the molecule is O=C(NC(Cc1ccc([N+](=O)[O-])cc1)C(=O)Nc1cc(Cl)cc(Cl)c1)c1nc2ccccc2s1. The fourth-order valence-electron chi connectivity index (χ4n) is 3.24. The van der Waals surface area contributed by atoms with Crippen LogP contribution in [0.5, 0.6) is 0 Å². The van der Waals surface area contributed by atoms with Crippen LogP contribution in [0.2, 0.25) is 10.0 Å². The van der Waals surface area contributed by atoms with E-state index in [1.807, 2.05) is 18.2 Å². The minimum absolute atomic E-state index is 0.0724. The van der Waals surface area contributed by atoms with Crippen molar-refractivity contribution in [3.8, 4) is 0 Å². The zero-order valence-corrected chi connectivity index (χ0v) is 19.7. The number of rotatable bonds is 7. The van der Waals surface area contributed by atoms with Gasteiger partial charge in [0.25, 0.3) is 11.6 Å². The van der Waals surface area contributed by atoms with Crippen LogP contribution >= 0.6 is 34.5 Å². The standard InChI is InChI=1S/C23H16Cl2N4O4S/c24-14-10-15(25)12-16(11-14)26-21(30)19(9-13-5-7-17(8-6-13)29(32)33)27-22(31)23-28-18-3-1-2-4-20(18)34-23/h1-8,10-12,19H,9H2,(H,26,30)(H,27,31). The largest absolute Gasteiger partial charge is 0.338 e. The van der Waals surface area contributed by atoms with Crippen molar-refractivity contribution in [1.29, 1.82) is 0 Å².